The van der Waals surface area contributed by atoms with Gasteiger partial charge in [-0.1, -0.05) is 11.6 Å². The van der Waals surface area contributed by atoms with Gasteiger partial charge in [-0.15, -0.1) is 0 Å². The summed E-state index contributed by atoms with van der Waals surface area (Å²) in [5.74, 6) is -0.332. The van der Waals surface area contributed by atoms with E-state index in [1.165, 1.54) is 0 Å². The monoisotopic (exact) mass is 449 g/mol. The molecule has 4 rings (SSSR count). The first-order valence-corrected chi connectivity index (χ1v) is 11.4. The van der Waals surface area contributed by atoms with Crippen molar-refractivity contribution in [2.75, 3.05) is 63.7 Å². The second kappa shape index (κ2) is 8.26. The van der Waals surface area contributed by atoms with E-state index in [4.69, 9.17) is 11.6 Å². The lowest BCUT2D eigenvalue weighted by atomic mass is 9.98. The fourth-order valence-electron chi connectivity index (χ4n) is 5.02. The van der Waals surface area contributed by atoms with Crippen molar-refractivity contribution in [2.24, 2.45) is 7.05 Å². The molecule has 0 amide bonds. The Bertz CT molecular complexity index is 1070. The maximum absolute atomic E-state index is 14.8. The summed E-state index contributed by atoms with van der Waals surface area (Å²) >= 11 is 6.59. The number of likely N-dealkylation sites (N-methyl/N-ethyl adjacent to an activating group) is 1. The fraction of sp³-hybridized carbons (Fsp3) is 0.609. The van der Waals surface area contributed by atoms with Crippen LogP contribution in [0.15, 0.2) is 10.9 Å². The SMILES string of the molecule is Cc1c(F)cc2c3c(c(=O)n(C)c2c1Cl)N(CCCN(C)C)CC1CN(C)C(C)CN31. The van der Waals surface area contributed by atoms with Crippen molar-refractivity contribution >= 4 is 33.9 Å². The third-order valence-corrected chi connectivity index (χ3v) is 7.43. The van der Waals surface area contributed by atoms with Gasteiger partial charge in [0.1, 0.15) is 11.5 Å². The summed E-state index contributed by atoms with van der Waals surface area (Å²) in [5, 5.41) is 1.05. The van der Waals surface area contributed by atoms with E-state index in [1.807, 2.05) is 0 Å². The van der Waals surface area contributed by atoms with E-state index in [1.54, 1.807) is 24.6 Å². The number of nitrogens with zero attached hydrogens (tertiary/aromatic N) is 5. The molecule has 0 bridgehead atoms. The molecule has 8 heteroatoms. The van der Waals surface area contributed by atoms with Crippen molar-refractivity contribution in [1.29, 1.82) is 0 Å². The molecule has 2 unspecified atom stereocenters. The van der Waals surface area contributed by atoms with Crippen molar-refractivity contribution in [1.82, 2.24) is 14.4 Å². The Hall–Kier alpha value is -1.83. The molecule has 0 N–H and O–H groups in total. The van der Waals surface area contributed by atoms with E-state index in [0.717, 1.165) is 50.2 Å². The number of pyridine rings is 1. The number of fused-ring (bicyclic) bond motifs is 5. The van der Waals surface area contributed by atoms with Crippen LogP contribution in [-0.2, 0) is 7.05 Å². The molecular formula is C23H33ClFN5O. The largest absolute Gasteiger partial charge is 0.363 e. The van der Waals surface area contributed by atoms with Crippen molar-refractivity contribution in [3.8, 4) is 0 Å². The normalized spacial score (nSPS) is 21.7. The molecule has 1 fully saturated rings. The van der Waals surface area contributed by atoms with Crippen LogP contribution in [0.25, 0.3) is 10.9 Å². The van der Waals surface area contributed by atoms with Gasteiger partial charge in [-0.3, -0.25) is 9.69 Å². The topological polar surface area (TPSA) is 35.0 Å². The summed E-state index contributed by atoms with van der Waals surface area (Å²) in [5.41, 5.74) is 2.46. The molecule has 0 spiro atoms. The van der Waals surface area contributed by atoms with Crippen LogP contribution in [0, 0.1) is 12.7 Å². The molecule has 1 aromatic carbocycles. The first-order chi connectivity index (χ1) is 14.6. The van der Waals surface area contributed by atoms with E-state index >= 15 is 0 Å². The maximum atomic E-state index is 14.8. The van der Waals surface area contributed by atoms with E-state index < -0.39 is 0 Å². The Balaban J connectivity index is 1.96. The highest BCUT2D eigenvalue weighted by molar-refractivity contribution is 6.36. The molecule has 2 aromatic rings. The van der Waals surface area contributed by atoms with Crippen LogP contribution in [0.3, 0.4) is 0 Å². The van der Waals surface area contributed by atoms with E-state index in [9.17, 15) is 9.18 Å². The Morgan fingerprint density at radius 3 is 2.58 bits per heavy atom. The van der Waals surface area contributed by atoms with Gasteiger partial charge in [-0.25, -0.2) is 4.39 Å². The van der Waals surface area contributed by atoms with E-state index in [-0.39, 0.29) is 17.4 Å². The van der Waals surface area contributed by atoms with Crippen LogP contribution in [-0.4, -0.2) is 80.3 Å². The lowest BCUT2D eigenvalue weighted by molar-refractivity contribution is 0.198. The molecule has 2 aliphatic rings. The highest BCUT2D eigenvalue weighted by Crippen LogP contribution is 2.43. The van der Waals surface area contributed by atoms with Gasteiger partial charge < -0.3 is 19.3 Å². The van der Waals surface area contributed by atoms with Gasteiger partial charge in [0.2, 0.25) is 0 Å². The predicted octanol–water partition coefficient (Wildman–Crippen LogP) is 2.92. The first kappa shape index (κ1) is 22.4. The summed E-state index contributed by atoms with van der Waals surface area (Å²) in [7, 11) is 8.01. The van der Waals surface area contributed by atoms with E-state index in [2.05, 4.69) is 47.7 Å². The Kier molecular flexibility index (Phi) is 5.96. The van der Waals surface area contributed by atoms with Gasteiger partial charge >= 0.3 is 0 Å². The molecule has 2 atom stereocenters. The fourth-order valence-corrected chi connectivity index (χ4v) is 5.34. The molecule has 0 aliphatic carbocycles. The number of benzene rings is 1. The molecule has 170 valence electrons. The molecular weight excluding hydrogens is 417 g/mol. The van der Waals surface area contributed by atoms with Gasteiger partial charge in [0.05, 0.1) is 22.3 Å². The van der Waals surface area contributed by atoms with Crippen LogP contribution in [0.5, 0.6) is 0 Å². The van der Waals surface area contributed by atoms with Gasteiger partial charge in [-0.05, 0) is 54.0 Å². The van der Waals surface area contributed by atoms with Crippen LogP contribution < -0.4 is 15.4 Å². The molecule has 3 heterocycles. The quantitative estimate of drug-likeness (QED) is 0.717. The molecule has 1 saturated heterocycles. The van der Waals surface area contributed by atoms with E-state index in [0.29, 0.717) is 27.8 Å². The molecule has 6 nitrogen and oxygen atoms in total. The summed E-state index contributed by atoms with van der Waals surface area (Å²) in [4.78, 5) is 22.7. The first-order valence-electron chi connectivity index (χ1n) is 11.0. The minimum atomic E-state index is -0.332. The Morgan fingerprint density at radius 2 is 1.90 bits per heavy atom. The second-order valence-corrected chi connectivity index (χ2v) is 9.83. The van der Waals surface area contributed by atoms with Gasteiger partial charge in [0.25, 0.3) is 5.56 Å². The predicted molar refractivity (Wildman–Crippen MR) is 128 cm³/mol. The van der Waals surface area contributed by atoms with Crippen molar-refractivity contribution in [2.45, 2.75) is 32.4 Å². The number of anilines is 2. The minimum Gasteiger partial charge on any atom is -0.363 e. The zero-order valence-corrected chi connectivity index (χ0v) is 20.1. The number of hydrogen-bond donors (Lipinski definition) is 0. The molecule has 1 aromatic heterocycles. The van der Waals surface area contributed by atoms with Crippen LogP contribution in [0.4, 0.5) is 15.8 Å². The van der Waals surface area contributed by atoms with Crippen LogP contribution in [0.1, 0.15) is 18.9 Å². The number of halogens is 2. The lowest BCUT2D eigenvalue weighted by Crippen LogP contribution is -2.62. The zero-order chi connectivity index (χ0) is 22.6. The standard InChI is InChI=1S/C23H33ClFN5O/c1-14-11-30-16(12-27(14)5)13-29(9-7-8-26(3)4)22-21(30)17-10-18(25)15(2)19(24)20(17)28(6)23(22)31/h10,14,16H,7-9,11-13H2,1-6H3. The third-order valence-electron chi connectivity index (χ3n) is 6.96. The van der Waals surface area contributed by atoms with Crippen molar-refractivity contribution in [3.05, 3.63) is 32.8 Å². The van der Waals surface area contributed by atoms with Gasteiger partial charge in [0.15, 0.2) is 0 Å². The average molecular weight is 450 g/mol. The molecule has 0 radical (unpaired) electrons. The minimum absolute atomic E-state index is 0.0645. The Morgan fingerprint density at radius 1 is 1.19 bits per heavy atom. The van der Waals surface area contributed by atoms with Crippen LogP contribution in [0.2, 0.25) is 5.02 Å². The highest BCUT2D eigenvalue weighted by atomic mass is 35.5. The summed E-state index contributed by atoms with van der Waals surface area (Å²) in [6.45, 7) is 8.09. The smallest absolute Gasteiger partial charge is 0.276 e. The molecule has 31 heavy (non-hydrogen) atoms. The number of aryl methyl sites for hydroxylation is 1. The number of aromatic nitrogens is 1. The van der Waals surface area contributed by atoms with Crippen molar-refractivity contribution < 1.29 is 4.39 Å². The highest BCUT2D eigenvalue weighted by Gasteiger charge is 2.39. The number of rotatable bonds is 4. The Labute approximate surface area is 188 Å². The zero-order valence-electron chi connectivity index (χ0n) is 19.4. The maximum Gasteiger partial charge on any atom is 0.276 e. The molecule has 0 saturated carbocycles. The summed E-state index contributed by atoms with van der Waals surface area (Å²) in [6, 6.07) is 2.15. The third kappa shape index (κ3) is 3.70. The second-order valence-electron chi connectivity index (χ2n) is 9.45. The van der Waals surface area contributed by atoms with Crippen LogP contribution >= 0.6 is 11.6 Å². The van der Waals surface area contributed by atoms with Crippen molar-refractivity contribution in [3.63, 3.8) is 0 Å². The van der Waals surface area contributed by atoms with Gasteiger partial charge in [-0.2, -0.15) is 0 Å². The number of hydrogen-bond acceptors (Lipinski definition) is 5. The average Bonchev–Trinajstić information content (AvgIpc) is 2.70. The van der Waals surface area contributed by atoms with Gasteiger partial charge in [0, 0.05) is 50.2 Å². The number of piperazine rings is 1. The molecule has 2 aliphatic heterocycles. The lowest BCUT2D eigenvalue weighted by Gasteiger charge is -2.51. The summed E-state index contributed by atoms with van der Waals surface area (Å²) in [6.07, 6.45) is 0.954. The summed E-state index contributed by atoms with van der Waals surface area (Å²) < 4.78 is 16.4.